The number of carboxylic acid groups (broad SMARTS) is 1. The van der Waals surface area contributed by atoms with Crippen LogP contribution in [0, 0.1) is 5.92 Å². The zero-order valence-corrected chi connectivity index (χ0v) is 20.5. The van der Waals surface area contributed by atoms with E-state index in [4.69, 9.17) is 4.74 Å². The highest BCUT2D eigenvalue weighted by Crippen LogP contribution is 2.32. The van der Waals surface area contributed by atoms with E-state index in [2.05, 4.69) is 26.6 Å². The van der Waals surface area contributed by atoms with Crippen LogP contribution in [0.2, 0.25) is 0 Å². The summed E-state index contributed by atoms with van der Waals surface area (Å²) >= 11 is 0. The Morgan fingerprint density at radius 2 is 1.76 bits per heavy atom. The number of nitrogens with zero attached hydrogens (tertiary/aromatic N) is 4. The highest BCUT2D eigenvalue weighted by atomic mass is 16.6. The summed E-state index contributed by atoms with van der Waals surface area (Å²) in [5, 5.41) is 9.30. The molecular weight excluding hydrogens is 432 g/mol. The Bertz CT molecular complexity index is 791. The quantitative estimate of drug-likeness (QED) is 0.515. The van der Waals surface area contributed by atoms with Crippen molar-refractivity contribution in [3.63, 3.8) is 0 Å². The number of unbranched alkanes of at least 4 members (excludes halogenated alkanes) is 3. The molecule has 0 spiro atoms. The van der Waals surface area contributed by atoms with Crippen molar-refractivity contribution in [3.05, 3.63) is 24.5 Å². The normalized spacial score (nSPS) is 25.0. The Morgan fingerprint density at radius 3 is 2.41 bits per heavy atom. The summed E-state index contributed by atoms with van der Waals surface area (Å²) in [4.78, 5) is 35.3. The number of likely N-dealkylation sites (tertiary alicyclic amines) is 1. The first kappa shape index (κ1) is 24.8. The number of carboxylic acids is 1. The molecule has 34 heavy (non-hydrogen) atoms. The molecule has 8 heteroatoms. The van der Waals surface area contributed by atoms with Crippen LogP contribution in [0.15, 0.2) is 24.5 Å². The summed E-state index contributed by atoms with van der Waals surface area (Å²) in [5.74, 6) is -0.931. The monoisotopic (exact) mass is 472 g/mol. The average Bonchev–Trinajstić information content (AvgIpc) is 3.17. The van der Waals surface area contributed by atoms with Crippen molar-refractivity contribution < 1.29 is 19.4 Å². The predicted molar refractivity (Wildman–Crippen MR) is 131 cm³/mol. The van der Waals surface area contributed by atoms with Crippen LogP contribution in [0.25, 0.3) is 0 Å². The second-order valence-corrected chi connectivity index (χ2v) is 10.1. The van der Waals surface area contributed by atoms with E-state index in [0.717, 1.165) is 51.9 Å². The number of rotatable bonds is 10. The van der Waals surface area contributed by atoms with Crippen LogP contribution in [0.4, 0.5) is 10.5 Å². The van der Waals surface area contributed by atoms with Gasteiger partial charge in [0.2, 0.25) is 0 Å². The van der Waals surface area contributed by atoms with E-state index in [1.807, 2.05) is 24.5 Å². The van der Waals surface area contributed by atoms with Crippen molar-refractivity contribution in [1.82, 2.24) is 14.8 Å². The smallest absolute Gasteiger partial charge is 0.410 e. The van der Waals surface area contributed by atoms with Crippen LogP contribution in [0.3, 0.4) is 0 Å². The number of hydrogen-bond acceptors (Lipinski definition) is 6. The summed E-state index contributed by atoms with van der Waals surface area (Å²) in [6.07, 6.45) is 12.3. The Kier molecular flexibility index (Phi) is 8.64. The second-order valence-electron chi connectivity index (χ2n) is 10.1. The molecule has 1 aromatic heterocycles. The molecule has 0 aliphatic carbocycles. The summed E-state index contributed by atoms with van der Waals surface area (Å²) in [5.41, 5.74) is 1.19. The number of hydrogen-bond donors (Lipinski definition) is 1. The molecule has 3 aliphatic heterocycles. The Hall–Kier alpha value is -2.35. The van der Waals surface area contributed by atoms with Gasteiger partial charge in [-0.3, -0.25) is 19.6 Å². The number of amides is 1. The first-order valence-electron chi connectivity index (χ1n) is 13.2. The number of carbonyl (C=O) groups is 2. The SMILES string of the molecule is CCCCCCC1C(CN2CCC(C(=O)O)CC2)OC(=O)N1C1CCN(c2ccncc2)CC1. The van der Waals surface area contributed by atoms with Crippen molar-refractivity contribution in [2.45, 2.75) is 82.9 Å². The third kappa shape index (κ3) is 6.01. The number of aliphatic carboxylic acids is 1. The van der Waals surface area contributed by atoms with Gasteiger partial charge in [0.1, 0.15) is 6.10 Å². The Balaban J connectivity index is 1.38. The maximum absolute atomic E-state index is 13.1. The van der Waals surface area contributed by atoms with Crippen molar-refractivity contribution >= 4 is 17.7 Å². The van der Waals surface area contributed by atoms with E-state index in [0.29, 0.717) is 19.4 Å². The third-order valence-corrected chi connectivity index (χ3v) is 7.86. The molecule has 3 fully saturated rings. The maximum atomic E-state index is 13.1. The third-order valence-electron chi connectivity index (χ3n) is 7.86. The lowest BCUT2D eigenvalue weighted by Crippen LogP contribution is -2.51. The summed E-state index contributed by atoms with van der Waals surface area (Å²) in [6.45, 7) is 6.30. The van der Waals surface area contributed by atoms with Gasteiger partial charge in [0.05, 0.1) is 12.0 Å². The molecule has 0 bridgehead atoms. The zero-order valence-electron chi connectivity index (χ0n) is 20.5. The largest absolute Gasteiger partial charge is 0.481 e. The fourth-order valence-electron chi connectivity index (χ4n) is 5.84. The average molecular weight is 473 g/mol. The number of carbonyl (C=O) groups excluding carboxylic acids is 1. The van der Waals surface area contributed by atoms with Crippen LogP contribution in [0.5, 0.6) is 0 Å². The zero-order chi connectivity index (χ0) is 23.9. The topological polar surface area (TPSA) is 86.2 Å². The van der Waals surface area contributed by atoms with E-state index in [9.17, 15) is 14.7 Å². The highest BCUT2D eigenvalue weighted by Gasteiger charge is 2.46. The Labute approximate surface area is 203 Å². The van der Waals surface area contributed by atoms with Crippen LogP contribution in [-0.2, 0) is 9.53 Å². The van der Waals surface area contributed by atoms with E-state index in [-0.39, 0.29) is 30.2 Å². The molecule has 8 nitrogen and oxygen atoms in total. The van der Waals surface area contributed by atoms with Gasteiger partial charge in [-0.15, -0.1) is 0 Å². The molecule has 0 saturated carbocycles. The molecule has 4 rings (SSSR count). The second kappa shape index (κ2) is 11.9. The first-order chi connectivity index (χ1) is 16.6. The van der Waals surface area contributed by atoms with Gasteiger partial charge in [0.15, 0.2) is 0 Å². The van der Waals surface area contributed by atoms with Crippen molar-refractivity contribution in [2.75, 3.05) is 37.6 Å². The minimum atomic E-state index is -0.690. The van der Waals surface area contributed by atoms with Gasteiger partial charge in [-0.2, -0.15) is 0 Å². The number of anilines is 1. The molecule has 188 valence electrons. The molecule has 4 heterocycles. The van der Waals surface area contributed by atoms with Crippen molar-refractivity contribution in [3.8, 4) is 0 Å². The molecule has 1 amide bonds. The van der Waals surface area contributed by atoms with Crippen molar-refractivity contribution in [2.24, 2.45) is 5.92 Å². The fraction of sp³-hybridized carbons (Fsp3) is 0.731. The molecule has 2 unspecified atom stereocenters. The number of cyclic esters (lactones) is 1. The lowest BCUT2D eigenvalue weighted by atomic mass is 9.94. The summed E-state index contributed by atoms with van der Waals surface area (Å²) in [6, 6.07) is 4.42. The van der Waals surface area contributed by atoms with Gasteiger partial charge in [-0.05, 0) is 57.3 Å². The van der Waals surface area contributed by atoms with Crippen molar-refractivity contribution in [1.29, 1.82) is 0 Å². The van der Waals surface area contributed by atoms with E-state index in [1.54, 1.807) is 0 Å². The predicted octanol–water partition coefficient (Wildman–Crippen LogP) is 4.01. The molecule has 0 aromatic carbocycles. The minimum Gasteiger partial charge on any atom is -0.481 e. The highest BCUT2D eigenvalue weighted by molar-refractivity contribution is 5.71. The number of pyridine rings is 1. The van der Waals surface area contributed by atoms with E-state index in [1.165, 1.54) is 24.9 Å². The molecule has 3 aliphatic rings. The number of aromatic nitrogens is 1. The first-order valence-corrected chi connectivity index (χ1v) is 13.2. The molecule has 1 aromatic rings. The Morgan fingerprint density at radius 1 is 1.06 bits per heavy atom. The minimum absolute atomic E-state index is 0.110. The standard InChI is InChI=1S/C26H40N4O4/c1-2-3-4-5-6-23-24(19-28-15-9-20(10-16-28)25(31)32)34-26(33)30(23)22-11-17-29(18-12-22)21-7-13-27-14-8-21/h7-8,13-14,20,22-24H,2-6,9-12,15-19H2,1H3,(H,31,32). The van der Waals surface area contributed by atoms with E-state index >= 15 is 0 Å². The number of piperidine rings is 2. The summed E-state index contributed by atoms with van der Waals surface area (Å²) in [7, 11) is 0. The van der Waals surface area contributed by atoms with Gasteiger partial charge in [-0.25, -0.2) is 4.79 Å². The number of ether oxygens (including phenoxy) is 1. The fourth-order valence-corrected chi connectivity index (χ4v) is 5.84. The lowest BCUT2D eigenvalue weighted by Gasteiger charge is -2.39. The van der Waals surface area contributed by atoms with E-state index < -0.39 is 5.97 Å². The van der Waals surface area contributed by atoms with Gasteiger partial charge in [0, 0.05) is 43.8 Å². The van der Waals surface area contributed by atoms with Crippen LogP contribution in [0.1, 0.15) is 64.7 Å². The lowest BCUT2D eigenvalue weighted by molar-refractivity contribution is -0.143. The summed E-state index contributed by atoms with van der Waals surface area (Å²) < 4.78 is 5.99. The van der Waals surface area contributed by atoms with Crippen LogP contribution < -0.4 is 4.90 Å². The van der Waals surface area contributed by atoms with Gasteiger partial charge in [0.25, 0.3) is 0 Å². The molecule has 1 N–H and O–H groups in total. The molecule has 0 radical (unpaired) electrons. The molecule has 3 saturated heterocycles. The molecular formula is C26H40N4O4. The van der Waals surface area contributed by atoms with Crippen LogP contribution >= 0.6 is 0 Å². The van der Waals surface area contributed by atoms with Crippen LogP contribution in [-0.4, -0.2) is 82.9 Å². The maximum Gasteiger partial charge on any atom is 0.410 e. The van der Waals surface area contributed by atoms with Gasteiger partial charge >= 0.3 is 12.1 Å². The van der Waals surface area contributed by atoms with Gasteiger partial charge < -0.3 is 14.7 Å². The van der Waals surface area contributed by atoms with Gasteiger partial charge in [-0.1, -0.05) is 32.6 Å². The molecule has 2 atom stereocenters.